The minimum Gasteiger partial charge on any atom is -0.355 e. The number of rotatable bonds is 3. The highest BCUT2D eigenvalue weighted by Gasteiger charge is 2.21. The van der Waals surface area contributed by atoms with E-state index in [0.717, 1.165) is 12.1 Å². The van der Waals surface area contributed by atoms with Gasteiger partial charge >= 0.3 is 0 Å². The molecule has 0 saturated carbocycles. The lowest BCUT2D eigenvalue weighted by atomic mass is 10.1. The predicted molar refractivity (Wildman–Crippen MR) is 74.6 cm³/mol. The number of amides is 1. The molecular weight excluding hydrogens is 278 g/mol. The summed E-state index contributed by atoms with van der Waals surface area (Å²) >= 11 is 0. The smallest absolute Gasteiger partial charge is 0.257 e. The van der Waals surface area contributed by atoms with E-state index < -0.39 is 17.5 Å². The Bertz CT molecular complexity index is 736. The third-order valence-electron chi connectivity index (χ3n) is 3.20. The fourth-order valence-electron chi connectivity index (χ4n) is 2.22. The SMILES string of the molecule is CC(=O)c1[nH]c(C)c(C(=O)Nc2ccc(F)cc2F)c1C. The van der Waals surface area contributed by atoms with Crippen LogP contribution < -0.4 is 5.32 Å². The number of hydrogen-bond acceptors (Lipinski definition) is 2. The Morgan fingerprint density at radius 3 is 2.38 bits per heavy atom. The average Bonchev–Trinajstić information content (AvgIpc) is 2.68. The largest absolute Gasteiger partial charge is 0.355 e. The topological polar surface area (TPSA) is 62.0 Å². The van der Waals surface area contributed by atoms with Crippen LogP contribution in [0.25, 0.3) is 0 Å². The summed E-state index contributed by atoms with van der Waals surface area (Å²) in [5.41, 5.74) is 1.52. The van der Waals surface area contributed by atoms with Gasteiger partial charge in [-0.3, -0.25) is 9.59 Å². The molecule has 0 spiro atoms. The van der Waals surface area contributed by atoms with E-state index in [4.69, 9.17) is 0 Å². The molecule has 6 heteroatoms. The van der Waals surface area contributed by atoms with Crippen molar-refractivity contribution in [1.82, 2.24) is 4.98 Å². The lowest BCUT2D eigenvalue weighted by Gasteiger charge is -2.07. The normalized spacial score (nSPS) is 10.5. The van der Waals surface area contributed by atoms with Crippen LogP contribution >= 0.6 is 0 Å². The fourth-order valence-corrected chi connectivity index (χ4v) is 2.22. The maximum atomic E-state index is 13.5. The van der Waals surface area contributed by atoms with Gasteiger partial charge in [0.05, 0.1) is 16.9 Å². The number of hydrogen-bond donors (Lipinski definition) is 2. The standard InChI is InChI=1S/C15H14F2N2O2/c1-7-13(8(2)18-14(7)9(3)20)15(21)19-12-5-4-10(16)6-11(12)17/h4-6,18H,1-3H3,(H,19,21). The summed E-state index contributed by atoms with van der Waals surface area (Å²) in [5.74, 6) is -2.33. The molecule has 0 unspecified atom stereocenters. The van der Waals surface area contributed by atoms with Gasteiger partial charge in [-0.05, 0) is 31.5 Å². The zero-order chi connectivity index (χ0) is 15.7. The zero-order valence-electron chi connectivity index (χ0n) is 11.8. The van der Waals surface area contributed by atoms with Crippen molar-refractivity contribution in [1.29, 1.82) is 0 Å². The van der Waals surface area contributed by atoms with Gasteiger partial charge in [-0.2, -0.15) is 0 Å². The third kappa shape index (κ3) is 2.84. The summed E-state index contributed by atoms with van der Waals surface area (Å²) in [6.45, 7) is 4.67. The first kappa shape index (κ1) is 14.9. The van der Waals surface area contributed by atoms with Crippen molar-refractivity contribution in [3.8, 4) is 0 Å². The second kappa shape index (κ2) is 5.47. The molecule has 0 atom stereocenters. The number of Topliss-reactive ketones (excluding diaryl/α,β-unsaturated/α-hetero) is 1. The van der Waals surface area contributed by atoms with Crippen molar-refractivity contribution in [2.75, 3.05) is 5.32 Å². The van der Waals surface area contributed by atoms with Gasteiger partial charge in [0.2, 0.25) is 0 Å². The molecule has 2 rings (SSSR count). The highest BCUT2D eigenvalue weighted by atomic mass is 19.1. The molecule has 0 saturated heterocycles. The lowest BCUT2D eigenvalue weighted by molar-refractivity contribution is 0.101. The van der Waals surface area contributed by atoms with E-state index in [2.05, 4.69) is 10.3 Å². The summed E-state index contributed by atoms with van der Waals surface area (Å²) in [4.78, 5) is 26.5. The number of carbonyl (C=O) groups excluding carboxylic acids is 2. The van der Waals surface area contributed by atoms with Gasteiger partial charge in [0.1, 0.15) is 11.6 Å². The molecule has 0 aliphatic heterocycles. The van der Waals surface area contributed by atoms with E-state index in [9.17, 15) is 18.4 Å². The number of anilines is 1. The molecule has 0 aliphatic carbocycles. The van der Waals surface area contributed by atoms with Crippen molar-refractivity contribution in [3.63, 3.8) is 0 Å². The van der Waals surface area contributed by atoms with Crippen molar-refractivity contribution in [2.24, 2.45) is 0 Å². The number of carbonyl (C=O) groups is 2. The highest BCUT2D eigenvalue weighted by Crippen LogP contribution is 2.21. The monoisotopic (exact) mass is 292 g/mol. The minimum absolute atomic E-state index is 0.120. The molecular formula is C15H14F2N2O2. The van der Waals surface area contributed by atoms with Gasteiger partial charge < -0.3 is 10.3 Å². The zero-order valence-corrected chi connectivity index (χ0v) is 11.8. The molecule has 2 N–H and O–H groups in total. The van der Waals surface area contributed by atoms with Crippen molar-refractivity contribution in [2.45, 2.75) is 20.8 Å². The maximum absolute atomic E-state index is 13.5. The number of nitrogens with one attached hydrogen (secondary N) is 2. The third-order valence-corrected chi connectivity index (χ3v) is 3.20. The number of benzene rings is 1. The first-order valence-electron chi connectivity index (χ1n) is 6.27. The second-order valence-electron chi connectivity index (χ2n) is 4.76. The van der Waals surface area contributed by atoms with E-state index in [0.29, 0.717) is 23.0 Å². The summed E-state index contributed by atoms with van der Waals surface area (Å²) in [7, 11) is 0. The van der Waals surface area contributed by atoms with Gasteiger partial charge in [-0.25, -0.2) is 8.78 Å². The Morgan fingerprint density at radius 1 is 1.19 bits per heavy atom. The summed E-state index contributed by atoms with van der Waals surface area (Å²) in [6.07, 6.45) is 0. The summed E-state index contributed by atoms with van der Waals surface area (Å²) in [5, 5.41) is 2.38. The minimum atomic E-state index is -0.860. The maximum Gasteiger partial charge on any atom is 0.257 e. The molecule has 0 bridgehead atoms. The van der Waals surface area contributed by atoms with E-state index in [1.165, 1.54) is 6.92 Å². The second-order valence-corrected chi connectivity index (χ2v) is 4.76. The quantitative estimate of drug-likeness (QED) is 0.852. The Hall–Kier alpha value is -2.50. The van der Waals surface area contributed by atoms with Crippen LogP contribution in [0.3, 0.4) is 0 Å². The van der Waals surface area contributed by atoms with Gasteiger partial charge in [-0.15, -0.1) is 0 Å². The van der Waals surface area contributed by atoms with E-state index >= 15 is 0 Å². The van der Waals surface area contributed by atoms with E-state index in [1.807, 2.05) is 0 Å². The van der Waals surface area contributed by atoms with Crippen LogP contribution in [-0.2, 0) is 0 Å². The number of aromatic amines is 1. The molecule has 4 nitrogen and oxygen atoms in total. The van der Waals surface area contributed by atoms with Crippen LogP contribution in [0.4, 0.5) is 14.5 Å². The van der Waals surface area contributed by atoms with E-state index in [-0.39, 0.29) is 17.0 Å². The van der Waals surface area contributed by atoms with Crippen LogP contribution in [-0.4, -0.2) is 16.7 Å². The van der Waals surface area contributed by atoms with Crippen LogP contribution in [0.15, 0.2) is 18.2 Å². The van der Waals surface area contributed by atoms with Crippen molar-refractivity contribution >= 4 is 17.4 Å². The first-order chi connectivity index (χ1) is 9.81. The Kier molecular flexibility index (Phi) is 3.88. The molecule has 0 aliphatic rings. The highest BCUT2D eigenvalue weighted by molar-refractivity contribution is 6.08. The summed E-state index contributed by atoms with van der Waals surface area (Å²) in [6, 6.07) is 2.88. The first-order valence-corrected chi connectivity index (χ1v) is 6.27. The lowest BCUT2D eigenvalue weighted by Crippen LogP contribution is -2.15. The summed E-state index contributed by atoms with van der Waals surface area (Å²) < 4.78 is 26.4. The number of aromatic nitrogens is 1. The van der Waals surface area contributed by atoms with Crippen molar-refractivity contribution < 1.29 is 18.4 Å². The van der Waals surface area contributed by atoms with Gasteiger partial charge in [-0.1, -0.05) is 0 Å². The fraction of sp³-hybridized carbons (Fsp3) is 0.200. The molecule has 21 heavy (non-hydrogen) atoms. The van der Waals surface area contributed by atoms with Gasteiger partial charge in [0, 0.05) is 18.7 Å². The van der Waals surface area contributed by atoms with Gasteiger partial charge in [0.15, 0.2) is 5.78 Å². The molecule has 0 radical (unpaired) electrons. The average molecular weight is 292 g/mol. The van der Waals surface area contributed by atoms with Crippen LogP contribution in [0.1, 0.15) is 39.0 Å². The van der Waals surface area contributed by atoms with Gasteiger partial charge in [0.25, 0.3) is 5.91 Å². The molecule has 2 aromatic rings. The van der Waals surface area contributed by atoms with Crippen LogP contribution in [0.5, 0.6) is 0 Å². The van der Waals surface area contributed by atoms with Crippen LogP contribution in [0.2, 0.25) is 0 Å². The molecule has 1 heterocycles. The number of H-pyrrole nitrogens is 1. The molecule has 1 amide bonds. The molecule has 110 valence electrons. The van der Waals surface area contributed by atoms with Crippen molar-refractivity contribution in [3.05, 3.63) is 52.3 Å². The Morgan fingerprint density at radius 2 is 1.86 bits per heavy atom. The predicted octanol–water partition coefficient (Wildman–Crippen LogP) is 3.36. The molecule has 1 aromatic heterocycles. The Labute approximate surface area is 120 Å². The Balaban J connectivity index is 2.35. The number of aryl methyl sites for hydroxylation is 1. The molecule has 0 fully saturated rings. The number of halogens is 2. The van der Waals surface area contributed by atoms with E-state index in [1.54, 1.807) is 13.8 Å². The number of ketones is 1. The molecule has 1 aromatic carbocycles. The van der Waals surface area contributed by atoms with Crippen LogP contribution in [0, 0.1) is 25.5 Å².